The third kappa shape index (κ3) is 34.9. The van der Waals surface area contributed by atoms with Crippen LogP contribution in [-0.4, -0.2) is 82.2 Å². The Bertz CT molecular complexity index is 396. The molecule has 186 valence electrons. The van der Waals surface area contributed by atoms with Crippen molar-refractivity contribution in [1.82, 2.24) is 4.90 Å². The van der Waals surface area contributed by atoms with Gasteiger partial charge in [0.25, 0.3) is 0 Å². The van der Waals surface area contributed by atoms with Gasteiger partial charge >= 0.3 is 10.4 Å². The molecule has 0 bridgehead atoms. The van der Waals surface area contributed by atoms with Gasteiger partial charge in [0.2, 0.25) is 0 Å². The normalized spacial score (nSPS) is 11.6. The van der Waals surface area contributed by atoms with Crippen LogP contribution < -0.4 is 0 Å². The van der Waals surface area contributed by atoms with Gasteiger partial charge in [-0.25, -0.2) is 0 Å². The molecule has 0 aromatic heterocycles. The van der Waals surface area contributed by atoms with E-state index in [2.05, 4.69) is 20.1 Å². The fraction of sp³-hybridized carbons (Fsp3) is 0.900. The van der Waals surface area contributed by atoms with Crippen LogP contribution in [0.3, 0.4) is 0 Å². The molecule has 0 aliphatic heterocycles. The van der Waals surface area contributed by atoms with E-state index in [4.69, 9.17) is 27.7 Å². The first-order valence-electron chi connectivity index (χ1n) is 10.6. The van der Waals surface area contributed by atoms with Crippen molar-refractivity contribution in [2.75, 3.05) is 32.9 Å². The van der Waals surface area contributed by atoms with Gasteiger partial charge in [-0.1, -0.05) is 71.1 Å². The van der Waals surface area contributed by atoms with Gasteiger partial charge in [0.05, 0.1) is 19.8 Å². The van der Waals surface area contributed by atoms with Crippen LogP contribution in [0.25, 0.3) is 0 Å². The number of unbranched alkanes of at least 4 members (excludes halogenated alkanes) is 9. The zero-order valence-corrected chi connectivity index (χ0v) is 19.5. The van der Waals surface area contributed by atoms with Crippen molar-refractivity contribution in [1.29, 1.82) is 0 Å². The molecule has 10 heteroatoms. The second-order valence-electron chi connectivity index (χ2n) is 6.74. The highest BCUT2D eigenvalue weighted by Crippen LogP contribution is 2.14. The Kier molecular flexibility index (Phi) is 34.8. The highest BCUT2D eigenvalue weighted by molar-refractivity contribution is 7.79. The van der Waals surface area contributed by atoms with E-state index in [0.717, 1.165) is 12.8 Å². The van der Waals surface area contributed by atoms with E-state index in [9.17, 15) is 5.11 Å². The minimum Gasteiger partial charge on any atom is -0.412 e. The molecule has 9 nitrogen and oxygen atoms in total. The smallest absolute Gasteiger partial charge is 0.394 e. The van der Waals surface area contributed by atoms with Crippen LogP contribution in [-0.2, 0) is 10.4 Å². The van der Waals surface area contributed by atoms with Crippen LogP contribution in [0.4, 0.5) is 0 Å². The summed E-state index contributed by atoms with van der Waals surface area (Å²) >= 11 is 0. The van der Waals surface area contributed by atoms with Gasteiger partial charge in [0.15, 0.2) is 0 Å². The lowest BCUT2D eigenvalue weighted by Crippen LogP contribution is -2.41. The Morgan fingerprint density at radius 2 is 1.10 bits per heavy atom. The van der Waals surface area contributed by atoms with Crippen LogP contribution >= 0.6 is 0 Å². The molecule has 1 atom stereocenters. The lowest BCUT2D eigenvalue weighted by molar-refractivity contribution is 0.0781. The van der Waals surface area contributed by atoms with E-state index >= 15 is 0 Å². The van der Waals surface area contributed by atoms with Gasteiger partial charge in [-0.3, -0.25) is 14.0 Å². The zero-order valence-electron chi connectivity index (χ0n) is 18.7. The maximum Gasteiger partial charge on any atom is 0.394 e. The van der Waals surface area contributed by atoms with Crippen molar-refractivity contribution in [3.8, 4) is 0 Å². The standard InChI is InChI=1S/C18H39NO3.C2H4.H2O4S.H2O/c1-2-3-4-5-6-7-8-9-10-11-12-18(17-22)19(13-15-20)14-16-21;1-2;1-5(2,3)4;/h18,20-22H,2-17H2,1H3;1-2H2;(H2,1,2,3,4);1H2. The summed E-state index contributed by atoms with van der Waals surface area (Å²) in [5, 5.41) is 27.6. The van der Waals surface area contributed by atoms with Gasteiger partial charge in [-0.05, 0) is 6.42 Å². The first kappa shape index (κ1) is 36.8. The van der Waals surface area contributed by atoms with Crippen molar-refractivity contribution in [3.05, 3.63) is 13.2 Å². The number of aliphatic hydroxyl groups is 3. The fourth-order valence-electron chi connectivity index (χ4n) is 2.99. The minimum absolute atomic E-state index is 0. The first-order chi connectivity index (χ1) is 13.8. The highest BCUT2D eigenvalue weighted by atomic mass is 32.3. The molecule has 1 unspecified atom stereocenters. The summed E-state index contributed by atoms with van der Waals surface area (Å²) in [4.78, 5) is 1.99. The van der Waals surface area contributed by atoms with Crippen molar-refractivity contribution >= 4 is 10.4 Å². The molecular formula is C20H47NO8S. The predicted octanol–water partition coefficient (Wildman–Crippen LogP) is 2.27. The number of nitrogens with zero attached hydrogens (tertiary/aromatic N) is 1. The Morgan fingerprint density at radius 3 is 1.40 bits per heavy atom. The molecule has 0 heterocycles. The molecule has 0 aromatic carbocycles. The molecular weight excluding hydrogens is 414 g/mol. The molecule has 0 aliphatic rings. The van der Waals surface area contributed by atoms with Crippen LogP contribution in [0.1, 0.15) is 77.6 Å². The second kappa shape index (κ2) is 28.4. The molecule has 0 fully saturated rings. The van der Waals surface area contributed by atoms with E-state index in [1.54, 1.807) is 0 Å². The molecule has 0 aromatic rings. The molecule has 30 heavy (non-hydrogen) atoms. The molecule has 0 rings (SSSR count). The van der Waals surface area contributed by atoms with Crippen LogP contribution in [0.5, 0.6) is 0 Å². The van der Waals surface area contributed by atoms with E-state index in [1.807, 2.05) is 4.90 Å². The number of hydrogen-bond acceptors (Lipinski definition) is 6. The van der Waals surface area contributed by atoms with E-state index < -0.39 is 10.4 Å². The maximum atomic E-state index is 9.49. The first-order valence-corrected chi connectivity index (χ1v) is 12.0. The van der Waals surface area contributed by atoms with Crippen molar-refractivity contribution in [2.24, 2.45) is 0 Å². The van der Waals surface area contributed by atoms with Crippen LogP contribution in [0.2, 0.25) is 0 Å². The molecule has 0 amide bonds. The summed E-state index contributed by atoms with van der Waals surface area (Å²) in [6.07, 6.45) is 14.1. The summed E-state index contributed by atoms with van der Waals surface area (Å²) in [6.45, 7) is 9.58. The zero-order chi connectivity index (χ0) is 23.0. The molecule has 0 saturated carbocycles. The Hall–Kier alpha value is -0.590. The average molecular weight is 462 g/mol. The Morgan fingerprint density at radius 1 is 0.767 bits per heavy atom. The van der Waals surface area contributed by atoms with Gasteiger partial charge in [0, 0.05) is 19.1 Å². The summed E-state index contributed by atoms with van der Waals surface area (Å²) in [6, 6.07) is 0.0772. The Labute approximate surface area is 183 Å². The molecule has 0 aliphatic carbocycles. The maximum absolute atomic E-state index is 9.49. The lowest BCUT2D eigenvalue weighted by atomic mass is 10.0. The Balaban J connectivity index is -0.000000367. The minimum atomic E-state index is -4.67. The number of hydrogen-bond donors (Lipinski definition) is 5. The van der Waals surface area contributed by atoms with E-state index in [-0.39, 0.29) is 31.3 Å². The second-order valence-corrected chi connectivity index (χ2v) is 7.63. The monoisotopic (exact) mass is 461 g/mol. The fourth-order valence-corrected chi connectivity index (χ4v) is 2.99. The van der Waals surface area contributed by atoms with Crippen molar-refractivity contribution < 1.29 is 38.3 Å². The largest absolute Gasteiger partial charge is 0.412 e. The summed E-state index contributed by atoms with van der Waals surface area (Å²) in [5.41, 5.74) is 0. The predicted molar refractivity (Wildman–Crippen MR) is 122 cm³/mol. The number of rotatable bonds is 17. The van der Waals surface area contributed by atoms with Crippen molar-refractivity contribution in [2.45, 2.75) is 83.6 Å². The van der Waals surface area contributed by atoms with Gasteiger partial charge in [-0.2, -0.15) is 8.42 Å². The van der Waals surface area contributed by atoms with E-state index in [1.165, 1.54) is 57.8 Å². The van der Waals surface area contributed by atoms with Crippen molar-refractivity contribution in [3.63, 3.8) is 0 Å². The molecule has 0 radical (unpaired) electrons. The summed E-state index contributed by atoms with van der Waals surface area (Å²) in [7, 11) is -4.67. The molecule has 0 spiro atoms. The number of aliphatic hydroxyl groups excluding tert-OH is 3. The lowest BCUT2D eigenvalue weighted by Gasteiger charge is -2.29. The highest BCUT2D eigenvalue weighted by Gasteiger charge is 2.16. The topological polar surface area (TPSA) is 170 Å². The van der Waals surface area contributed by atoms with E-state index in [0.29, 0.717) is 13.1 Å². The molecule has 0 saturated heterocycles. The van der Waals surface area contributed by atoms with Gasteiger partial charge in [0.1, 0.15) is 0 Å². The van der Waals surface area contributed by atoms with Gasteiger partial charge < -0.3 is 20.8 Å². The third-order valence-electron chi connectivity index (χ3n) is 4.39. The summed E-state index contributed by atoms with van der Waals surface area (Å²) in [5.74, 6) is 0. The average Bonchev–Trinajstić information content (AvgIpc) is 2.66. The van der Waals surface area contributed by atoms with Crippen LogP contribution in [0, 0.1) is 0 Å². The SMILES string of the molecule is C=C.CCCCCCCCCCCCC(CO)N(CCO)CCO.O.O=S(=O)(O)O. The third-order valence-corrected chi connectivity index (χ3v) is 4.39. The quantitative estimate of drug-likeness (QED) is 0.125. The van der Waals surface area contributed by atoms with Crippen LogP contribution in [0.15, 0.2) is 13.2 Å². The molecule has 7 N–H and O–H groups in total. The summed E-state index contributed by atoms with van der Waals surface area (Å²) < 4.78 is 31.6. The van der Waals surface area contributed by atoms with Gasteiger partial charge in [-0.15, -0.1) is 13.2 Å².